The van der Waals surface area contributed by atoms with Crippen LogP contribution in [0.3, 0.4) is 0 Å². The summed E-state index contributed by atoms with van der Waals surface area (Å²) in [4.78, 5) is 0. The highest BCUT2D eigenvalue weighted by Crippen LogP contribution is 2.44. The van der Waals surface area contributed by atoms with E-state index in [-0.39, 0.29) is 0 Å². The Morgan fingerprint density at radius 2 is 0.977 bits per heavy atom. The number of aromatic nitrogens is 1. The van der Waals surface area contributed by atoms with E-state index in [1.807, 2.05) is 12.1 Å². The molecule has 0 amide bonds. The minimum Gasteiger partial charge on any atom is -0.456 e. The standard InChI is InChI=1S/C42H25NO/c1-2-10-30-27(9-1)19-23-36-40-34-14-5-3-11-31(34)32-12-4-6-15-35(32)42(40)43(41(30)36)29-21-17-26(18-22-29)28-20-24-39-37(25-28)33-13-7-8-16-38(33)44-39/h1-25H. The molecular weight excluding hydrogens is 534 g/mol. The Balaban J connectivity index is 1.28. The lowest BCUT2D eigenvalue weighted by molar-refractivity contribution is 0.669. The Kier molecular flexibility index (Phi) is 4.75. The minimum absolute atomic E-state index is 0.919. The monoisotopic (exact) mass is 559 g/mol. The van der Waals surface area contributed by atoms with Crippen LogP contribution < -0.4 is 0 Å². The molecule has 0 atom stereocenters. The quantitative estimate of drug-likeness (QED) is 0.193. The predicted octanol–water partition coefficient (Wildman–Crippen LogP) is 11.8. The smallest absolute Gasteiger partial charge is 0.135 e. The number of hydrogen-bond acceptors (Lipinski definition) is 1. The highest BCUT2D eigenvalue weighted by atomic mass is 16.3. The lowest BCUT2D eigenvalue weighted by atomic mass is 9.96. The summed E-state index contributed by atoms with van der Waals surface area (Å²) in [5.41, 5.74) is 7.86. The van der Waals surface area contributed by atoms with E-state index < -0.39 is 0 Å². The van der Waals surface area contributed by atoms with Gasteiger partial charge in [-0.25, -0.2) is 0 Å². The van der Waals surface area contributed by atoms with E-state index in [0.717, 1.165) is 27.6 Å². The summed E-state index contributed by atoms with van der Waals surface area (Å²) < 4.78 is 8.59. The molecule has 0 fully saturated rings. The molecule has 0 aliphatic carbocycles. The van der Waals surface area contributed by atoms with Crippen LogP contribution in [0.2, 0.25) is 0 Å². The van der Waals surface area contributed by atoms with Gasteiger partial charge in [-0.05, 0) is 63.0 Å². The number of fused-ring (bicyclic) bond motifs is 13. The Bertz CT molecular complexity index is 2760. The van der Waals surface area contributed by atoms with Crippen LogP contribution in [0.25, 0.3) is 92.9 Å². The van der Waals surface area contributed by atoms with Crippen molar-refractivity contribution in [1.82, 2.24) is 4.57 Å². The van der Waals surface area contributed by atoms with Crippen LogP contribution in [-0.4, -0.2) is 4.57 Å². The zero-order valence-electron chi connectivity index (χ0n) is 23.8. The molecule has 0 aliphatic heterocycles. The van der Waals surface area contributed by atoms with Crippen molar-refractivity contribution in [3.8, 4) is 16.8 Å². The zero-order chi connectivity index (χ0) is 28.8. The van der Waals surface area contributed by atoms with Gasteiger partial charge in [-0.1, -0.05) is 121 Å². The van der Waals surface area contributed by atoms with E-state index >= 15 is 0 Å². The highest BCUT2D eigenvalue weighted by molar-refractivity contribution is 6.34. The van der Waals surface area contributed by atoms with E-state index in [1.165, 1.54) is 65.3 Å². The third-order valence-corrected chi connectivity index (χ3v) is 9.36. The second kappa shape index (κ2) is 8.82. The third kappa shape index (κ3) is 3.20. The molecule has 0 saturated carbocycles. The van der Waals surface area contributed by atoms with Crippen molar-refractivity contribution in [2.75, 3.05) is 0 Å². The van der Waals surface area contributed by atoms with Crippen LogP contribution in [-0.2, 0) is 0 Å². The van der Waals surface area contributed by atoms with Crippen LogP contribution in [0, 0.1) is 0 Å². The fourth-order valence-corrected chi connectivity index (χ4v) is 7.40. The second-order valence-corrected chi connectivity index (χ2v) is 11.7. The summed E-state index contributed by atoms with van der Waals surface area (Å²) in [7, 11) is 0. The summed E-state index contributed by atoms with van der Waals surface area (Å²) >= 11 is 0. The van der Waals surface area contributed by atoms with Crippen LogP contribution in [0.5, 0.6) is 0 Å². The second-order valence-electron chi connectivity index (χ2n) is 11.7. The summed E-state index contributed by atoms with van der Waals surface area (Å²) in [6.45, 7) is 0. The maximum atomic E-state index is 6.09. The summed E-state index contributed by atoms with van der Waals surface area (Å²) in [5, 5.41) is 12.5. The van der Waals surface area contributed by atoms with Gasteiger partial charge >= 0.3 is 0 Å². The maximum Gasteiger partial charge on any atom is 0.135 e. The lowest BCUT2D eigenvalue weighted by Crippen LogP contribution is -1.95. The molecule has 0 N–H and O–H groups in total. The van der Waals surface area contributed by atoms with Gasteiger partial charge < -0.3 is 8.98 Å². The Morgan fingerprint density at radius 3 is 1.80 bits per heavy atom. The van der Waals surface area contributed by atoms with Crippen molar-refractivity contribution in [3.63, 3.8) is 0 Å². The van der Waals surface area contributed by atoms with Crippen molar-refractivity contribution in [2.45, 2.75) is 0 Å². The third-order valence-electron chi connectivity index (χ3n) is 9.36. The molecule has 0 radical (unpaired) electrons. The van der Waals surface area contributed by atoms with Crippen LogP contribution in [0.4, 0.5) is 0 Å². The molecule has 0 unspecified atom stereocenters. The molecule has 2 nitrogen and oxygen atoms in total. The maximum absolute atomic E-state index is 6.09. The van der Waals surface area contributed by atoms with Crippen LogP contribution in [0.15, 0.2) is 156 Å². The largest absolute Gasteiger partial charge is 0.456 e. The summed E-state index contributed by atoms with van der Waals surface area (Å²) in [5.74, 6) is 0. The Morgan fingerprint density at radius 1 is 0.364 bits per heavy atom. The van der Waals surface area contributed by atoms with Crippen molar-refractivity contribution in [1.29, 1.82) is 0 Å². The first-order valence-corrected chi connectivity index (χ1v) is 15.1. The highest BCUT2D eigenvalue weighted by Gasteiger charge is 2.20. The molecule has 8 aromatic carbocycles. The van der Waals surface area contributed by atoms with Crippen LogP contribution >= 0.6 is 0 Å². The molecule has 2 heteroatoms. The van der Waals surface area contributed by atoms with Crippen molar-refractivity contribution in [3.05, 3.63) is 152 Å². The molecular formula is C42H25NO. The first kappa shape index (κ1) is 23.7. The van der Waals surface area contributed by atoms with E-state index in [1.54, 1.807) is 0 Å². The van der Waals surface area contributed by atoms with Crippen molar-refractivity contribution < 1.29 is 4.42 Å². The summed E-state index contributed by atoms with van der Waals surface area (Å²) in [6.07, 6.45) is 0. The minimum atomic E-state index is 0.919. The van der Waals surface area contributed by atoms with Crippen LogP contribution in [0.1, 0.15) is 0 Å². The lowest BCUT2D eigenvalue weighted by Gasteiger charge is -2.13. The molecule has 2 aromatic heterocycles. The van der Waals surface area contributed by atoms with Gasteiger partial charge in [0.05, 0.1) is 11.0 Å². The average Bonchev–Trinajstić information content (AvgIpc) is 3.65. The van der Waals surface area contributed by atoms with Gasteiger partial charge in [0.15, 0.2) is 0 Å². The van der Waals surface area contributed by atoms with Crippen molar-refractivity contribution >= 4 is 76.1 Å². The van der Waals surface area contributed by atoms with Gasteiger partial charge in [0.1, 0.15) is 11.2 Å². The number of benzene rings is 8. The van der Waals surface area contributed by atoms with Gasteiger partial charge in [-0.15, -0.1) is 0 Å². The molecule has 0 spiro atoms. The molecule has 204 valence electrons. The van der Waals surface area contributed by atoms with Gasteiger partial charge in [-0.3, -0.25) is 0 Å². The molecule has 0 bridgehead atoms. The van der Waals surface area contributed by atoms with Gasteiger partial charge in [0.25, 0.3) is 0 Å². The number of nitrogens with zero attached hydrogens (tertiary/aromatic N) is 1. The Hall–Kier alpha value is -5.86. The van der Waals surface area contributed by atoms with Crippen molar-refractivity contribution in [2.24, 2.45) is 0 Å². The molecule has 44 heavy (non-hydrogen) atoms. The SMILES string of the molecule is c1ccc2c(c1)ccc1c3c4ccccc4c4ccccc4c3n(-c3ccc(-c4ccc5oc6ccccc6c5c4)cc3)c21. The van der Waals surface area contributed by atoms with E-state index in [4.69, 9.17) is 4.42 Å². The summed E-state index contributed by atoms with van der Waals surface area (Å²) in [6, 6.07) is 54.9. The topological polar surface area (TPSA) is 18.1 Å². The molecule has 0 saturated heterocycles. The fraction of sp³-hybridized carbons (Fsp3) is 0. The van der Waals surface area contributed by atoms with Gasteiger partial charge in [-0.2, -0.15) is 0 Å². The number of hydrogen-bond donors (Lipinski definition) is 0. The first-order valence-electron chi connectivity index (χ1n) is 15.1. The Labute approximate surface area is 253 Å². The zero-order valence-corrected chi connectivity index (χ0v) is 23.8. The first-order chi connectivity index (χ1) is 21.8. The average molecular weight is 560 g/mol. The number of furan rings is 1. The van der Waals surface area contributed by atoms with E-state index in [9.17, 15) is 0 Å². The van der Waals surface area contributed by atoms with E-state index in [2.05, 4.69) is 144 Å². The number of para-hydroxylation sites is 1. The molecule has 2 heterocycles. The molecule has 0 aliphatic rings. The predicted molar refractivity (Wildman–Crippen MR) is 186 cm³/mol. The van der Waals surface area contributed by atoms with Gasteiger partial charge in [0.2, 0.25) is 0 Å². The fourth-order valence-electron chi connectivity index (χ4n) is 7.40. The molecule has 10 rings (SSSR count). The normalized spacial score (nSPS) is 12.1. The number of rotatable bonds is 2. The van der Waals surface area contributed by atoms with Gasteiger partial charge in [0, 0.05) is 38.0 Å². The molecule has 10 aromatic rings. The van der Waals surface area contributed by atoms with E-state index in [0.29, 0.717) is 0 Å².